The van der Waals surface area contributed by atoms with Crippen molar-refractivity contribution >= 4 is 25.6 Å². The zero-order valence-electron chi connectivity index (χ0n) is 9.35. The van der Waals surface area contributed by atoms with Gasteiger partial charge in [0.05, 0.1) is 11.3 Å². The number of rotatable bonds is 0. The van der Waals surface area contributed by atoms with Crippen molar-refractivity contribution in [2.24, 2.45) is 0 Å². The molecule has 3 nitrogen and oxygen atoms in total. The van der Waals surface area contributed by atoms with Gasteiger partial charge in [-0.05, 0) is 6.92 Å². The Morgan fingerprint density at radius 3 is 2.33 bits per heavy atom. The van der Waals surface area contributed by atoms with Crippen molar-refractivity contribution in [1.29, 1.82) is 0 Å². The number of nitrogens with two attached hydrogens (primary N) is 1. The van der Waals surface area contributed by atoms with Gasteiger partial charge in [-0.15, -0.1) is 5.54 Å². The highest BCUT2D eigenvalue weighted by Gasteiger charge is 2.10. The van der Waals surface area contributed by atoms with E-state index in [0.717, 1.165) is 5.69 Å². The van der Waals surface area contributed by atoms with E-state index in [0.29, 0.717) is 10.7 Å². The minimum absolute atomic E-state index is 0.191. The van der Waals surface area contributed by atoms with Gasteiger partial charge in [0.25, 0.3) is 0 Å². The average molecular weight is 240 g/mol. The molecule has 0 radical (unpaired) electrons. The van der Waals surface area contributed by atoms with Crippen molar-refractivity contribution < 1.29 is 0 Å². The topological polar surface area (TPSA) is 51.8 Å². The second-order valence-electron chi connectivity index (χ2n) is 4.33. The zero-order chi connectivity index (χ0) is 11.6. The summed E-state index contributed by atoms with van der Waals surface area (Å²) in [6.07, 6.45) is 0. The van der Waals surface area contributed by atoms with Crippen LogP contribution in [0.3, 0.4) is 0 Å². The standard InChI is InChI=1S/C10H14ClN3Si/c1-7-8(5-6-15(2,3)4)9(11)14-10(12)13-7/h1-4H3,(H2,12,13,14). The lowest BCUT2D eigenvalue weighted by atomic mass is 10.2. The Labute approximate surface area is 96.1 Å². The zero-order valence-corrected chi connectivity index (χ0v) is 11.1. The molecule has 80 valence electrons. The molecule has 0 aliphatic heterocycles. The largest absolute Gasteiger partial charge is 0.368 e. The normalized spacial score (nSPS) is 10.7. The van der Waals surface area contributed by atoms with E-state index in [4.69, 9.17) is 17.3 Å². The lowest BCUT2D eigenvalue weighted by molar-refractivity contribution is 1.11. The van der Waals surface area contributed by atoms with Gasteiger partial charge in [0.15, 0.2) is 5.15 Å². The van der Waals surface area contributed by atoms with E-state index in [9.17, 15) is 0 Å². The first kappa shape index (κ1) is 12.0. The summed E-state index contributed by atoms with van der Waals surface area (Å²) in [5.74, 6) is 3.24. The van der Waals surface area contributed by atoms with Gasteiger partial charge < -0.3 is 5.73 Å². The van der Waals surface area contributed by atoms with Crippen LogP contribution in [-0.2, 0) is 0 Å². The number of aromatic nitrogens is 2. The summed E-state index contributed by atoms with van der Waals surface area (Å²) in [6.45, 7) is 8.34. The van der Waals surface area contributed by atoms with E-state index < -0.39 is 8.07 Å². The van der Waals surface area contributed by atoms with E-state index in [1.165, 1.54) is 0 Å². The van der Waals surface area contributed by atoms with Crippen LogP contribution >= 0.6 is 11.6 Å². The lowest BCUT2D eigenvalue weighted by Gasteiger charge is -2.05. The molecule has 0 aliphatic rings. The molecule has 1 heterocycles. The maximum atomic E-state index is 5.95. The fourth-order valence-electron chi connectivity index (χ4n) is 0.950. The number of hydrogen-bond donors (Lipinski definition) is 1. The summed E-state index contributed by atoms with van der Waals surface area (Å²) in [6, 6.07) is 0. The highest BCUT2D eigenvalue weighted by Crippen LogP contribution is 2.16. The molecule has 0 fully saturated rings. The van der Waals surface area contributed by atoms with Crippen molar-refractivity contribution in [2.75, 3.05) is 5.73 Å². The van der Waals surface area contributed by atoms with Gasteiger partial charge in [0.2, 0.25) is 5.95 Å². The minimum Gasteiger partial charge on any atom is -0.368 e. The predicted octanol–water partition coefficient (Wildman–Crippen LogP) is 2.25. The van der Waals surface area contributed by atoms with Crippen LogP contribution in [0.1, 0.15) is 11.3 Å². The summed E-state index contributed by atoms with van der Waals surface area (Å²) in [4.78, 5) is 7.91. The van der Waals surface area contributed by atoms with E-state index >= 15 is 0 Å². The van der Waals surface area contributed by atoms with E-state index in [2.05, 4.69) is 41.1 Å². The summed E-state index contributed by atoms with van der Waals surface area (Å²) in [5.41, 5.74) is 10.1. The predicted molar refractivity (Wildman–Crippen MR) is 66.4 cm³/mol. The molecule has 0 bridgehead atoms. The third-order valence-electron chi connectivity index (χ3n) is 1.63. The smallest absolute Gasteiger partial charge is 0.221 e. The number of nitrogens with zero attached hydrogens (tertiary/aromatic N) is 2. The maximum absolute atomic E-state index is 5.95. The number of aryl methyl sites for hydroxylation is 1. The van der Waals surface area contributed by atoms with Gasteiger partial charge in [0.1, 0.15) is 8.07 Å². The molecule has 0 spiro atoms. The van der Waals surface area contributed by atoms with Crippen LogP contribution in [0.25, 0.3) is 0 Å². The summed E-state index contributed by atoms with van der Waals surface area (Å²) >= 11 is 5.95. The van der Waals surface area contributed by atoms with Crippen LogP contribution in [0.4, 0.5) is 5.95 Å². The van der Waals surface area contributed by atoms with Crippen molar-refractivity contribution in [3.63, 3.8) is 0 Å². The van der Waals surface area contributed by atoms with Gasteiger partial charge in [0, 0.05) is 0 Å². The molecule has 2 N–H and O–H groups in total. The van der Waals surface area contributed by atoms with Crippen molar-refractivity contribution in [2.45, 2.75) is 26.6 Å². The van der Waals surface area contributed by atoms with Gasteiger partial charge in [-0.3, -0.25) is 0 Å². The SMILES string of the molecule is Cc1nc(N)nc(Cl)c1C#C[Si](C)(C)C. The Hall–Kier alpha value is -1.05. The molecule has 1 aromatic heterocycles. The number of anilines is 1. The third-order valence-corrected chi connectivity index (χ3v) is 2.77. The second-order valence-corrected chi connectivity index (χ2v) is 9.44. The minimum atomic E-state index is -1.41. The molecule has 1 rings (SSSR count). The van der Waals surface area contributed by atoms with Crippen molar-refractivity contribution in [3.8, 4) is 11.5 Å². The average Bonchev–Trinajstić information content (AvgIpc) is 1.99. The Balaban J connectivity index is 3.20. The Morgan fingerprint density at radius 2 is 1.87 bits per heavy atom. The molecule has 0 aromatic carbocycles. The quantitative estimate of drug-likeness (QED) is 0.429. The molecule has 0 unspecified atom stereocenters. The van der Waals surface area contributed by atoms with Crippen LogP contribution in [0.5, 0.6) is 0 Å². The molecule has 1 aromatic rings. The molecular weight excluding hydrogens is 226 g/mol. The number of halogens is 1. The number of hydrogen-bond acceptors (Lipinski definition) is 3. The fraction of sp³-hybridized carbons (Fsp3) is 0.400. The van der Waals surface area contributed by atoms with Crippen LogP contribution in [0.2, 0.25) is 24.8 Å². The fourth-order valence-corrected chi connectivity index (χ4v) is 1.72. The second kappa shape index (κ2) is 4.21. The lowest BCUT2D eigenvalue weighted by Crippen LogP contribution is -2.16. The highest BCUT2D eigenvalue weighted by atomic mass is 35.5. The molecular formula is C10H14ClN3Si. The van der Waals surface area contributed by atoms with E-state index in [1.54, 1.807) is 0 Å². The summed E-state index contributed by atoms with van der Waals surface area (Å²) in [5, 5.41) is 0.339. The number of nitrogen functional groups attached to an aromatic ring is 1. The molecule has 15 heavy (non-hydrogen) atoms. The molecule has 0 atom stereocenters. The maximum Gasteiger partial charge on any atom is 0.221 e. The summed E-state index contributed by atoms with van der Waals surface area (Å²) < 4.78 is 0. The van der Waals surface area contributed by atoms with Gasteiger partial charge in [-0.1, -0.05) is 37.2 Å². The monoisotopic (exact) mass is 239 g/mol. The van der Waals surface area contributed by atoms with Crippen molar-refractivity contribution in [1.82, 2.24) is 9.97 Å². The van der Waals surface area contributed by atoms with Crippen LogP contribution < -0.4 is 5.73 Å². The van der Waals surface area contributed by atoms with Gasteiger partial charge in [-0.25, -0.2) is 4.98 Å². The van der Waals surface area contributed by atoms with Gasteiger partial charge in [-0.2, -0.15) is 4.98 Å². The summed E-state index contributed by atoms with van der Waals surface area (Å²) in [7, 11) is -1.41. The molecule has 0 saturated heterocycles. The Bertz CT molecular complexity index is 417. The van der Waals surface area contributed by atoms with Crippen LogP contribution in [-0.4, -0.2) is 18.0 Å². The third kappa shape index (κ3) is 3.54. The molecule has 0 aliphatic carbocycles. The van der Waals surface area contributed by atoms with Crippen molar-refractivity contribution in [3.05, 3.63) is 16.4 Å². The first-order valence-electron chi connectivity index (χ1n) is 4.62. The van der Waals surface area contributed by atoms with Crippen LogP contribution in [0.15, 0.2) is 0 Å². The van der Waals surface area contributed by atoms with Crippen LogP contribution in [0, 0.1) is 18.4 Å². The molecule has 5 heteroatoms. The first-order valence-corrected chi connectivity index (χ1v) is 8.50. The first-order chi connectivity index (χ1) is 6.79. The highest BCUT2D eigenvalue weighted by molar-refractivity contribution is 6.83. The molecule has 0 amide bonds. The Morgan fingerprint density at radius 1 is 1.27 bits per heavy atom. The molecule has 0 saturated carbocycles. The van der Waals surface area contributed by atoms with E-state index in [-0.39, 0.29) is 5.95 Å². The van der Waals surface area contributed by atoms with Gasteiger partial charge >= 0.3 is 0 Å². The van der Waals surface area contributed by atoms with E-state index in [1.807, 2.05) is 6.92 Å². The Kier molecular flexibility index (Phi) is 3.37.